The van der Waals surface area contributed by atoms with Gasteiger partial charge in [0.1, 0.15) is 0 Å². The van der Waals surface area contributed by atoms with Crippen molar-refractivity contribution >= 4 is 17.3 Å². The van der Waals surface area contributed by atoms with Crippen LogP contribution < -0.4 is 10.6 Å². The molecule has 0 spiro atoms. The summed E-state index contributed by atoms with van der Waals surface area (Å²) in [6.45, 7) is 10.7. The second kappa shape index (κ2) is 12.3. The van der Waals surface area contributed by atoms with Gasteiger partial charge in [0, 0.05) is 44.6 Å². The number of aliphatic imine (C=N–C) groups is 1. The van der Waals surface area contributed by atoms with Gasteiger partial charge in [0.05, 0.1) is 23.9 Å². The average molecular weight is 343 g/mol. The third-order valence-electron chi connectivity index (χ3n) is 3.20. The van der Waals surface area contributed by atoms with Gasteiger partial charge < -0.3 is 20.1 Å². The summed E-state index contributed by atoms with van der Waals surface area (Å²) in [7, 11) is 1.68. The number of guanidine groups is 1. The molecule has 0 aromatic carbocycles. The minimum absolute atomic E-state index is 0.642. The summed E-state index contributed by atoms with van der Waals surface area (Å²) in [6, 6.07) is 0. The van der Waals surface area contributed by atoms with E-state index in [-0.39, 0.29) is 0 Å². The van der Waals surface area contributed by atoms with Crippen LogP contribution in [0.5, 0.6) is 0 Å². The smallest absolute Gasteiger partial charge is 0.191 e. The Morgan fingerprint density at radius 1 is 1.22 bits per heavy atom. The van der Waals surface area contributed by atoms with E-state index in [4.69, 9.17) is 9.47 Å². The van der Waals surface area contributed by atoms with Crippen LogP contribution in [0.4, 0.5) is 0 Å². The molecule has 0 amide bonds. The van der Waals surface area contributed by atoms with E-state index in [0.717, 1.165) is 44.1 Å². The van der Waals surface area contributed by atoms with Crippen molar-refractivity contribution in [2.24, 2.45) is 4.99 Å². The first kappa shape index (κ1) is 19.9. The minimum Gasteiger partial charge on any atom is -0.382 e. The minimum atomic E-state index is 0.642. The Bertz CT molecular complexity index is 443. The van der Waals surface area contributed by atoms with Gasteiger partial charge in [-0.15, -0.1) is 11.3 Å². The summed E-state index contributed by atoms with van der Waals surface area (Å²) in [5, 5.41) is 7.79. The van der Waals surface area contributed by atoms with Crippen molar-refractivity contribution in [3.05, 3.63) is 15.6 Å². The van der Waals surface area contributed by atoms with E-state index in [2.05, 4.69) is 41.4 Å². The van der Waals surface area contributed by atoms with E-state index in [1.165, 1.54) is 9.88 Å². The van der Waals surface area contributed by atoms with Crippen LogP contribution in [-0.2, 0) is 15.9 Å². The van der Waals surface area contributed by atoms with Crippen molar-refractivity contribution in [2.75, 3.05) is 46.6 Å². The highest BCUT2D eigenvalue weighted by Crippen LogP contribution is 2.16. The normalized spacial score (nSPS) is 11.7. The van der Waals surface area contributed by atoms with E-state index < -0.39 is 0 Å². The molecular weight excluding hydrogens is 312 g/mol. The zero-order valence-electron chi connectivity index (χ0n) is 14.8. The molecule has 7 heteroatoms. The predicted molar refractivity (Wildman–Crippen MR) is 96.6 cm³/mol. The highest BCUT2D eigenvalue weighted by Gasteiger charge is 2.04. The fourth-order valence-electron chi connectivity index (χ4n) is 1.88. The number of hydrogen-bond donors (Lipinski definition) is 2. The molecule has 1 heterocycles. The summed E-state index contributed by atoms with van der Waals surface area (Å²) in [4.78, 5) is 10.4. The molecule has 0 unspecified atom stereocenters. The van der Waals surface area contributed by atoms with E-state index in [0.29, 0.717) is 19.8 Å². The van der Waals surface area contributed by atoms with Crippen LogP contribution in [0.25, 0.3) is 0 Å². The number of nitrogens with one attached hydrogen (secondary N) is 2. The van der Waals surface area contributed by atoms with E-state index in [9.17, 15) is 0 Å². The number of methoxy groups -OCH3 is 1. The van der Waals surface area contributed by atoms with Crippen LogP contribution in [0.3, 0.4) is 0 Å². The fraction of sp³-hybridized carbons (Fsp3) is 0.750. The van der Waals surface area contributed by atoms with Crippen LogP contribution in [0.1, 0.15) is 28.9 Å². The van der Waals surface area contributed by atoms with Crippen LogP contribution in [-0.4, -0.2) is 57.5 Å². The lowest BCUT2D eigenvalue weighted by Gasteiger charge is -2.10. The molecule has 0 saturated heterocycles. The van der Waals surface area contributed by atoms with Gasteiger partial charge in [-0.3, -0.25) is 4.99 Å². The summed E-state index contributed by atoms with van der Waals surface area (Å²) in [5.74, 6) is 0.856. The zero-order valence-corrected chi connectivity index (χ0v) is 15.6. The lowest BCUT2D eigenvalue weighted by Crippen LogP contribution is -2.38. The van der Waals surface area contributed by atoms with Crippen molar-refractivity contribution in [2.45, 2.75) is 33.6 Å². The van der Waals surface area contributed by atoms with Crippen LogP contribution in [0, 0.1) is 13.8 Å². The monoisotopic (exact) mass is 342 g/mol. The predicted octanol–water partition coefficient (Wildman–Crippen LogP) is 1.91. The van der Waals surface area contributed by atoms with Gasteiger partial charge in [-0.1, -0.05) is 0 Å². The Morgan fingerprint density at radius 2 is 2.04 bits per heavy atom. The molecule has 6 nitrogen and oxygen atoms in total. The van der Waals surface area contributed by atoms with Crippen molar-refractivity contribution < 1.29 is 9.47 Å². The number of ether oxygens (including phenoxy) is 2. The topological polar surface area (TPSA) is 67.8 Å². The fourth-order valence-corrected chi connectivity index (χ4v) is 2.81. The third-order valence-corrected chi connectivity index (χ3v) is 4.33. The van der Waals surface area contributed by atoms with Crippen LogP contribution in [0.15, 0.2) is 4.99 Å². The van der Waals surface area contributed by atoms with Gasteiger partial charge in [0.25, 0.3) is 0 Å². The molecule has 1 rings (SSSR count). The first-order valence-corrected chi connectivity index (χ1v) is 9.00. The standard InChI is InChI=1S/C16H30N4O2S/c1-5-17-16(18-8-6-10-22-12-11-21-4)19-9-7-15-20-13(2)14(3)23-15/h5-12H2,1-4H3,(H2,17,18,19). The van der Waals surface area contributed by atoms with Crippen molar-refractivity contribution in [3.63, 3.8) is 0 Å². The largest absolute Gasteiger partial charge is 0.382 e. The Balaban J connectivity index is 2.23. The molecule has 2 N–H and O–H groups in total. The van der Waals surface area contributed by atoms with Crippen LogP contribution >= 0.6 is 11.3 Å². The third kappa shape index (κ3) is 8.88. The summed E-state index contributed by atoms with van der Waals surface area (Å²) in [5.41, 5.74) is 1.14. The molecule has 132 valence electrons. The highest BCUT2D eigenvalue weighted by atomic mass is 32.1. The second-order valence-corrected chi connectivity index (χ2v) is 6.43. The number of aromatic nitrogens is 1. The molecule has 0 bridgehead atoms. The molecule has 0 saturated carbocycles. The van der Waals surface area contributed by atoms with Gasteiger partial charge in [-0.25, -0.2) is 4.98 Å². The number of rotatable bonds is 11. The molecule has 0 fully saturated rings. The SMILES string of the molecule is CCNC(=NCCCOCCOC)NCCc1nc(C)c(C)s1. The summed E-state index contributed by atoms with van der Waals surface area (Å²) >= 11 is 1.77. The Morgan fingerprint density at radius 3 is 2.70 bits per heavy atom. The lowest BCUT2D eigenvalue weighted by molar-refractivity contribution is 0.0702. The molecule has 0 radical (unpaired) electrons. The Hall–Kier alpha value is -1.18. The average Bonchev–Trinajstić information content (AvgIpc) is 2.84. The molecule has 0 aliphatic carbocycles. The molecule has 1 aromatic heterocycles. The van der Waals surface area contributed by atoms with Crippen molar-refractivity contribution in [1.82, 2.24) is 15.6 Å². The molecule has 1 aromatic rings. The summed E-state index contributed by atoms with van der Waals surface area (Å²) < 4.78 is 10.4. The maximum atomic E-state index is 5.43. The van der Waals surface area contributed by atoms with E-state index >= 15 is 0 Å². The second-order valence-electron chi connectivity index (χ2n) is 5.15. The van der Waals surface area contributed by atoms with Gasteiger partial charge >= 0.3 is 0 Å². The van der Waals surface area contributed by atoms with E-state index in [1.807, 2.05) is 0 Å². The number of thiazole rings is 1. The van der Waals surface area contributed by atoms with Crippen molar-refractivity contribution in [3.8, 4) is 0 Å². The van der Waals surface area contributed by atoms with Crippen molar-refractivity contribution in [1.29, 1.82) is 0 Å². The lowest BCUT2D eigenvalue weighted by atomic mass is 10.4. The zero-order chi connectivity index (χ0) is 16.9. The quantitative estimate of drug-likeness (QED) is 0.365. The molecular formula is C16H30N4O2S. The van der Waals surface area contributed by atoms with E-state index in [1.54, 1.807) is 18.4 Å². The number of aryl methyl sites for hydroxylation is 2. The van der Waals surface area contributed by atoms with Gasteiger partial charge in [0.15, 0.2) is 5.96 Å². The van der Waals surface area contributed by atoms with Gasteiger partial charge in [-0.2, -0.15) is 0 Å². The first-order valence-electron chi connectivity index (χ1n) is 8.19. The highest BCUT2D eigenvalue weighted by molar-refractivity contribution is 7.11. The number of hydrogen-bond acceptors (Lipinski definition) is 5. The Labute approximate surface area is 143 Å². The van der Waals surface area contributed by atoms with Crippen LogP contribution in [0.2, 0.25) is 0 Å². The molecule has 23 heavy (non-hydrogen) atoms. The summed E-state index contributed by atoms with van der Waals surface area (Å²) in [6.07, 6.45) is 1.83. The first-order chi connectivity index (χ1) is 11.2. The Kier molecular flexibility index (Phi) is 10.6. The van der Waals surface area contributed by atoms with Gasteiger partial charge in [0.2, 0.25) is 0 Å². The van der Waals surface area contributed by atoms with Gasteiger partial charge in [-0.05, 0) is 27.2 Å². The molecule has 0 atom stereocenters. The maximum absolute atomic E-state index is 5.43. The molecule has 0 aliphatic heterocycles. The maximum Gasteiger partial charge on any atom is 0.191 e. The number of nitrogens with zero attached hydrogens (tertiary/aromatic N) is 2. The molecule has 0 aliphatic rings.